The quantitative estimate of drug-likeness (QED) is 0.768. The molecule has 0 saturated heterocycles. The summed E-state index contributed by atoms with van der Waals surface area (Å²) in [5.74, 6) is 0.472. The highest BCUT2D eigenvalue weighted by Crippen LogP contribution is 2.13. The molecule has 1 unspecified atom stereocenters. The molecule has 0 radical (unpaired) electrons. The fourth-order valence-electron chi connectivity index (χ4n) is 2.07. The van der Waals surface area contributed by atoms with Gasteiger partial charge in [-0.15, -0.1) is 0 Å². The van der Waals surface area contributed by atoms with Gasteiger partial charge < -0.3 is 5.32 Å². The van der Waals surface area contributed by atoms with Crippen LogP contribution in [0.1, 0.15) is 64.3 Å². The fraction of sp³-hybridized carbons (Fsp3) is 0.733. The number of nitrogens with one attached hydrogen (secondary N) is 1. The number of hydrogen-bond donors (Lipinski definition) is 1. The van der Waals surface area contributed by atoms with Gasteiger partial charge in [0.15, 0.2) is 0 Å². The maximum atomic E-state index is 4.40. The lowest BCUT2D eigenvalue weighted by atomic mass is 10.0. The zero-order chi connectivity index (χ0) is 13.4. The van der Waals surface area contributed by atoms with Crippen LogP contribution in [0.4, 0.5) is 0 Å². The predicted molar refractivity (Wildman–Crippen MR) is 76.8 cm³/mol. The van der Waals surface area contributed by atoms with Crippen LogP contribution in [0.3, 0.4) is 0 Å². The summed E-state index contributed by atoms with van der Waals surface area (Å²) in [6, 6.07) is 2.70. The van der Waals surface area contributed by atoms with Crippen molar-refractivity contribution in [3.8, 4) is 0 Å². The zero-order valence-electron chi connectivity index (χ0n) is 12.2. The van der Waals surface area contributed by atoms with E-state index in [-0.39, 0.29) is 0 Å². The molecule has 0 aliphatic rings. The van der Waals surface area contributed by atoms with Gasteiger partial charge in [0, 0.05) is 23.9 Å². The van der Waals surface area contributed by atoms with Crippen molar-refractivity contribution in [2.24, 2.45) is 0 Å². The first-order chi connectivity index (χ1) is 8.67. The molecular weight excluding hydrogens is 222 g/mol. The largest absolute Gasteiger partial charge is 0.314 e. The molecule has 1 rings (SSSR count). The van der Waals surface area contributed by atoms with Crippen molar-refractivity contribution in [3.05, 3.63) is 23.8 Å². The summed E-state index contributed by atoms with van der Waals surface area (Å²) in [6.07, 6.45) is 6.31. The van der Waals surface area contributed by atoms with Crippen molar-refractivity contribution in [2.75, 3.05) is 6.54 Å². The molecule has 1 heterocycles. The Morgan fingerprint density at radius 3 is 2.56 bits per heavy atom. The third kappa shape index (κ3) is 5.13. The minimum absolute atomic E-state index is 0.472. The lowest BCUT2D eigenvalue weighted by Gasteiger charge is -2.17. The Morgan fingerprint density at radius 1 is 1.17 bits per heavy atom. The van der Waals surface area contributed by atoms with E-state index in [2.05, 4.69) is 49.0 Å². The maximum Gasteiger partial charge on any atom is 0.115 e. The topological polar surface area (TPSA) is 37.8 Å². The Morgan fingerprint density at radius 2 is 1.94 bits per heavy atom. The molecule has 0 saturated carbocycles. The monoisotopic (exact) mass is 249 g/mol. The number of nitrogens with zero attached hydrogens (tertiary/aromatic N) is 2. The molecule has 102 valence electrons. The number of aromatic nitrogens is 2. The molecule has 0 aromatic carbocycles. The minimum atomic E-state index is 0.472. The van der Waals surface area contributed by atoms with Crippen molar-refractivity contribution in [3.63, 3.8) is 0 Å². The third-order valence-electron chi connectivity index (χ3n) is 3.11. The molecule has 1 aromatic heterocycles. The van der Waals surface area contributed by atoms with Crippen LogP contribution in [0.25, 0.3) is 0 Å². The molecule has 1 aromatic rings. The highest BCUT2D eigenvalue weighted by Gasteiger charge is 2.10. The van der Waals surface area contributed by atoms with Gasteiger partial charge in [-0.1, -0.05) is 34.1 Å². The second-order valence-corrected chi connectivity index (χ2v) is 5.23. The molecule has 0 spiro atoms. The standard InChI is InChI=1S/C15H27N3/c1-5-7-13(16-8-6-2)9-14-10-15(12(3)4)18-11-17-14/h10-13,16H,5-9H2,1-4H3. The van der Waals surface area contributed by atoms with Crippen molar-refractivity contribution in [2.45, 2.75) is 65.3 Å². The van der Waals surface area contributed by atoms with Crippen LogP contribution in [0.5, 0.6) is 0 Å². The van der Waals surface area contributed by atoms with Gasteiger partial charge in [0.2, 0.25) is 0 Å². The number of rotatable bonds is 8. The summed E-state index contributed by atoms with van der Waals surface area (Å²) in [5, 5.41) is 3.61. The van der Waals surface area contributed by atoms with Crippen LogP contribution in [0.15, 0.2) is 12.4 Å². The van der Waals surface area contributed by atoms with Crippen LogP contribution < -0.4 is 5.32 Å². The Labute approximate surface area is 111 Å². The van der Waals surface area contributed by atoms with Crippen molar-refractivity contribution >= 4 is 0 Å². The van der Waals surface area contributed by atoms with Crippen LogP contribution >= 0.6 is 0 Å². The Hall–Kier alpha value is -0.960. The maximum absolute atomic E-state index is 4.40. The van der Waals surface area contributed by atoms with Gasteiger partial charge in [0.25, 0.3) is 0 Å². The van der Waals surface area contributed by atoms with E-state index >= 15 is 0 Å². The highest BCUT2D eigenvalue weighted by atomic mass is 14.9. The van der Waals surface area contributed by atoms with Gasteiger partial charge in [-0.05, 0) is 31.4 Å². The van der Waals surface area contributed by atoms with Gasteiger partial charge in [-0.25, -0.2) is 9.97 Å². The molecule has 0 amide bonds. The van der Waals surface area contributed by atoms with Gasteiger partial charge in [0.05, 0.1) is 0 Å². The first kappa shape index (κ1) is 15.1. The third-order valence-corrected chi connectivity index (χ3v) is 3.11. The summed E-state index contributed by atoms with van der Waals surface area (Å²) in [4.78, 5) is 8.72. The molecule has 0 aliphatic heterocycles. The molecule has 3 heteroatoms. The van der Waals surface area contributed by atoms with Crippen LogP contribution in [-0.2, 0) is 6.42 Å². The van der Waals surface area contributed by atoms with Crippen LogP contribution in [0.2, 0.25) is 0 Å². The molecule has 0 aliphatic carbocycles. The van der Waals surface area contributed by atoms with Crippen molar-refractivity contribution < 1.29 is 0 Å². The summed E-state index contributed by atoms with van der Waals surface area (Å²) in [5.41, 5.74) is 2.31. The summed E-state index contributed by atoms with van der Waals surface area (Å²) in [6.45, 7) is 9.88. The number of hydrogen-bond acceptors (Lipinski definition) is 3. The van der Waals surface area contributed by atoms with E-state index in [0.29, 0.717) is 12.0 Å². The lowest BCUT2D eigenvalue weighted by Crippen LogP contribution is -2.32. The fourth-order valence-corrected chi connectivity index (χ4v) is 2.07. The molecule has 0 fully saturated rings. The molecular formula is C15H27N3. The van der Waals surface area contributed by atoms with Crippen molar-refractivity contribution in [1.29, 1.82) is 0 Å². The van der Waals surface area contributed by atoms with Gasteiger partial charge >= 0.3 is 0 Å². The van der Waals surface area contributed by atoms with E-state index in [4.69, 9.17) is 0 Å². The summed E-state index contributed by atoms with van der Waals surface area (Å²) < 4.78 is 0. The van der Waals surface area contributed by atoms with E-state index in [1.165, 1.54) is 19.3 Å². The first-order valence-electron chi connectivity index (χ1n) is 7.21. The summed E-state index contributed by atoms with van der Waals surface area (Å²) in [7, 11) is 0. The predicted octanol–water partition coefficient (Wildman–Crippen LogP) is 3.31. The molecule has 1 N–H and O–H groups in total. The van der Waals surface area contributed by atoms with Gasteiger partial charge in [-0.2, -0.15) is 0 Å². The van der Waals surface area contributed by atoms with Crippen LogP contribution in [-0.4, -0.2) is 22.6 Å². The lowest BCUT2D eigenvalue weighted by molar-refractivity contribution is 0.468. The zero-order valence-corrected chi connectivity index (χ0v) is 12.2. The molecule has 1 atom stereocenters. The Kier molecular flexibility index (Phi) is 6.88. The van der Waals surface area contributed by atoms with E-state index in [1.54, 1.807) is 6.33 Å². The first-order valence-corrected chi connectivity index (χ1v) is 7.21. The smallest absolute Gasteiger partial charge is 0.115 e. The van der Waals surface area contributed by atoms with E-state index in [1.807, 2.05) is 0 Å². The SMILES string of the molecule is CCCNC(CCC)Cc1cc(C(C)C)ncn1. The average Bonchev–Trinajstić information content (AvgIpc) is 2.36. The second kappa shape index (κ2) is 8.20. The Balaban J connectivity index is 2.64. The normalized spacial score (nSPS) is 12.9. The van der Waals surface area contributed by atoms with Gasteiger partial charge in [-0.3, -0.25) is 0 Å². The average molecular weight is 249 g/mol. The van der Waals surface area contributed by atoms with Crippen LogP contribution in [0, 0.1) is 0 Å². The Bertz CT molecular complexity index is 336. The van der Waals surface area contributed by atoms with Crippen molar-refractivity contribution in [1.82, 2.24) is 15.3 Å². The molecule has 18 heavy (non-hydrogen) atoms. The molecule has 0 bridgehead atoms. The van der Waals surface area contributed by atoms with Gasteiger partial charge in [0.1, 0.15) is 6.33 Å². The molecule has 3 nitrogen and oxygen atoms in total. The second-order valence-electron chi connectivity index (χ2n) is 5.23. The summed E-state index contributed by atoms with van der Waals surface area (Å²) >= 11 is 0. The minimum Gasteiger partial charge on any atom is -0.314 e. The van der Waals surface area contributed by atoms with E-state index < -0.39 is 0 Å². The van der Waals surface area contributed by atoms with E-state index in [9.17, 15) is 0 Å². The highest BCUT2D eigenvalue weighted by molar-refractivity contribution is 5.12. The van der Waals surface area contributed by atoms with E-state index in [0.717, 1.165) is 24.4 Å².